The Bertz CT molecular complexity index is 619. The molecule has 0 spiro atoms. The number of ether oxygens (including phenoxy) is 1. The van der Waals surface area contributed by atoms with Crippen LogP contribution in [0.1, 0.15) is 15.9 Å². The lowest BCUT2D eigenvalue weighted by atomic mass is 10.1. The number of carbonyl (C=O) groups excluding carboxylic acids is 1. The minimum absolute atomic E-state index is 0.0927. The summed E-state index contributed by atoms with van der Waals surface area (Å²) in [6.45, 7) is 0.214. The molecule has 20 heavy (non-hydrogen) atoms. The summed E-state index contributed by atoms with van der Waals surface area (Å²) in [4.78, 5) is 15.0. The fourth-order valence-corrected chi connectivity index (χ4v) is 2.11. The molecular weight excluding hydrogens is 329 g/mol. The molecule has 1 amide bonds. The van der Waals surface area contributed by atoms with Gasteiger partial charge in [0.2, 0.25) is 5.75 Å². The van der Waals surface area contributed by atoms with Gasteiger partial charge in [0.25, 0.3) is 5.91 Å². The lowest BCUT2D eigenvalue weighted by Crippen LogP contribution is -2.12. The van der Waals surface area contributed by atoms with E-state index in [1.54, 1.807) is 0 Å². The van der Waals surface area contributed by atoms with Crippen molar-refractivity contribution in [2.45, 2.75) is 6.61 Å². The van der Waals surface area contributed by atoms with Crippen molar-refractivity contribution in [2.75, 3.05) is 0 Å². The summed E-state index contributed by atoms with van der Waals surface area (Å²) in [5, 5.41) is 0. The smallest absolute Gasteiger partial charge is 0.252 e. The quantitative estimate of drug-likeness (QED) is 0.908. The first-order valence-corrected chi connectivity index (χ1v) is 6.49. The second kappa shape index (κ2) is 6.38. The van der Waals surface area contributed by atoms with Crippen molar-refractivity contribution < 1.29 is 19.0 Å². The van der Waals surface area contributed by atoms with Crippen molar-refractivity contribution in [3.8, 4) is 11.5 Å². The van der Waals surface area contributed by atoms with Gasteiger partial charge in [-0.25, -0.2) is 0 Å². The van der Waals surface area contributed by atoms with Crippen molar-refractivity contribution in [3.05, 3.63) is 58.1 Å². The maximum Gasteiger partial charge on any atom is 0.252 e. The third-order valence-corrected chi connectivity index (χ3v) is 3.06. The zero-order valence-corrected chi connectivity index (χ0v) is 11.9. The predicted octanol–water partition coefficient (Wildman–Crippen LogP) is 3.39. The molecule has 0 bridgehead atoms. The second-order valence-electron chi connectivity index (χ2n) is 4.00. The Kier molecular flexibility index (Phi) is 4.57. The number of rotatable bonds is 5. The summed E-state index contributed by atoms with van der Waals surface area (Å²) in [7, 11) is 0. The molecule has 6 heteroatoms. The minimum atomic E-state index is -0.802. The number of hydrogen-bond acceptors (Lipinski definition) is 3. The van der Waals surface area contributed by atoms with Crippen molar-refractivity contribution >= 4 is 21.8 Å². The van der Waals surface area contributed by atoms with E-state index in [2.05, 4.69) is 20.9 Å². The number of primary amides is 1. The molecule has 0 heterocycles. The first-order valence-electron chi connectivity index (χ1n) is 5.70. The lowest BCUT2D eigenvalue weighted by molar-refractivity contribution is -0.0107. The highest BCUT2D eigenvalue weighted by Crippen LogP contribution is 2.35. The molecule has 2 aromatic carbocycles. The first-order chi connectivity index (χ1) is 9.61. The molecule has 2 N–H and O–H groups in total. The van der Waals surface area contributed by atoms with Crippen LogP contribution in [0.2, 0.25) is 0 Å². The Labute approximate surface area is 123 Å². The summed E-state index contributed by atoms with van der Waals surface area (Å²) in [6.07, 6.45) is 0. The molecule has 0 radical (unpaired) electrons. The van der Waals surface area contributed by atoms with Gasteiger partial charge in [-0.05, 0) is 17.7 Å². The summed E-state index contributed by atoms with van der Waals surface area (Å²) >= 11 is 3.21. The lowest BCUT2D eigenvalue weighted by Gasteiger charge is -2.11. The van der Waals surface area contributed by atoms with E-state index in [0.717, 1.165) is 5.56 Å². The first kappa shape index (κ1) is 14.3. The average molecular weight is 340 g/mol. The summed E-state index contributed by atoms with van der Waals surface area (Å²) in [5.74, 6) is -1.03. The van der Waals surface area contributed by atoms with Crippen LogP contribution in [0, 0.1) is 0 Å². The van der Waals surface area contributed by atoms with E-state index in [-0.39, 0.29) is 23.7 Å². The van der Waals surface area contributed by atoms with Crippen LogP contribution in [0.15, 0.2) is 46.9 Å². The molecule has 4 nitrogen and oxygen atoms in total. The topological polar surface area (TPSA) is 61.6 Å². The SMILES string of the molecule is NC(=O)c1cc(Br)cc(OCc2ccccc2)c1OF. The van der Waals surface area contributed by atoms with Crippen LogP contribution >= 0.6 is 15.9 Å². The van der Waals surface area contributed by atoms with E-state index in [1.807, 2.05) is 30.3 Å². The largest absolute Gasteiger partial charge is 0.485 e. The number of hydrogen-bond donors (Lipinski definition) is 1. The van der Waals surface area contributed by atoms with Crippen LogP contribution in [-0.4, -0.2) is 5.91 Å². The maximum atomic E-state index is 12.7. The molecule has 0 atom stereocenters. The normalized spacial score (nSPS) is 10.1. The molecule has 0 saturated carbocycles. The van der Waals surface area contributed by atoms with Gasteiger partial charge in [0, 0.05) is 9.00 Å². The Morgan fingerprint density at radius 1 is 1.25 bits per heavy atom. The van der Waals surface area contributed by atoms with Gasteiger partial charge < -0.3 is 10.5 Å². The zero-order valence-electron chi connectivity index (χ0n) is 10.3. The molecule has 0 fully saturated rings. The van der Waals surface area contributed by atoms with Crippen molar-refractivity contribution in [1.82, 2.24) is 0 Å². The number of carbonyl (C=O) groups is 1. The maximum absolute atomic E-state index is 12.7. The fourth-order valence-electron chi connectivity index (χ4n) is 1.67. The molecule has 0 unspecified atom stereocenters. The molecule has 0 aliphatic carbocycles. The van der Waals surface area contributed by atoms with E-state index in [4.69, 9.17) is 10.5 Å². The fraction of sp³-hybridized carbons (Fsp3) is 0.0714. The molecule has 0 aromatic heterocycles. The van der Waals surface area contributed by atoms with Crippen LogP contribution < -0.4 is 15.4 Å². The van der Waals surface area contributed by atoms with E-state index in [9.17, 15) is 9.32 Å². The van der Waals surface area contributed by atoms with Crippen LogP contribution in [-0.2, 0) is 6.61 Å². The van der Waals surface area contributed by atoms with Crippen molar-refractivity contribution in [3.63, 3.8) is 0 Å². The molecular formula is C14H11BrFNO3. The highest BCUT2D eigenvalue weighted by Gasteiger charge is 2.18. The average Bonchev–Trinajstić information content (AvgIpc) is 2.45. The van der Waals surface area contributed by atoms with Gasteiger partial charge >= 0.3 is 0 Å². The second-order valence-corrected chi connectivity index (χ2v) is 4.91. The predicted molar refractivity (Wildman–Crippen MR) is 75.2 cm³/mol. The third kappa shape index (κ3) is 3.27. The van der Waals surface area contributed by atoms with E-state index >= 15 is 0 Å². The Balaban J connectivity index is 2.29. The number of amides is 1. The Morgan fingerprint density at radius 3 is 2.55 bits per heavy atom. The Hall–Kier alpha value is -2.08. The van der Waals surface area contributed by atoms with Gasteiger partial charge in [0.1, 0.15) is 6.61 Å². The number of benzene rings is 2. The highest BCUT2D eigenvalue weighted by molar-refractivity contribution is 9.10. The van der Waals surface area contributed by atoms with Crippen LogP contribution in [0.3, 0.4) is 0 Å². The van der Waals surface area contributed by atoms with Crippen LogP contribution in [0.4, 0.5) is 4.53 Å². The molecule has 0 aliphatic heterocycles. The van der Waals surface area contributed by atoms with Gasteiger partial charge in [-0.15, -0.1) is 0 Å². The van der Waals surface area contributed by atoms with Crippen molar-refractivity contribution in [2.24, 2.45) is 5.73 Å². The summed E-state index contributed by atoms with van der Waals surface area (Å²) < 4.78 is 18.7. The Morgan fingerprint density at radius 2 is 1.95 bits per heavy atom. The van der Waals surface area contributed by atoms with E-state index in [0.29, 0.717) is 4.47 Å². The van der Waals surface area contributed by atoms with Crippen LogP contribution in [0.5, 0.6) is 11.5 Å². The molecule has 0 aliphatic rings. The van der Waals surface area contributed by atoms with Crippen molar-refractivity contribution in [1.29, 1.82) is 0 Å². The minimum Gasteiger partial charge on any atom is -0.485 e. The number of nitrogens with two attached hydrogens (primary N) is 1. The molecule has 104 valence electrons. The highest BCUT2D eigenvalue weighted by atomic mass is 79.9. The summed E-state index contributed by atoms with van der Waals surface area (Å²) in [5.41, 5.74) is 5.98. The molecule has 2 aromatic rings. The van der Waals surface area contributed by atoms with Gasteiger partial charge in [-0.1, -0.05) is 46.3 Å². The van der Waals surface area contributed by atoms with Gasteiger partial charge in [0.15, 0.2) is 5.75 Å². The van der Waals surface area contributed by atoms with Crippen LogP contribution in [0.25, 0.3) is 0 Å². The summed E-state index contributed by atoms with van der Waals surface area (Å²) in [6, 6.07) is 12.2. The molecule has 0 saturated heterocycles. The number of halogens is 2. The van der Waals surface area contributed by atoms with Gasteiger partial charge in [-0.2, -0.15) is 0 Å². The van der Waals surface area contributed by atoms with E-state index in [1.165, 1.54) is 12.1 Å². The van der Waals surface area contributed by atoms with Gasteiger partial charge in [-0.3, -0.25) is 9.74 Å². The molecule has 2 rings (SSSR count). The van der Waals surface area contributed by atoms with Gasteiger partial charge in [0.05, 0.1) is 5.56 Å². The standard InChI is InChI=1S/C14H11BrFNO3/c15-10-6-11(14(17)18)13(20-16)12(7-10)19-8-9-4-2-1-3-5-9/h1-7H,8H2,(H2,17,18). The third-order valence-electron chi connectivity index (χ3n) is 2.60. The zero-order chi connectivity index (χ0) is 14.5. The van der Waals surface area contributed by atoms with E-state index < -0.39 is 5.91 Å². The monoisotopic (exact) mass is 339 g/mol.